The van der Waals surface area contributed by atoms with Crippen LogP contribution in [-0.4, -0.2) is 41.5 Å². The molecule has 4 rings (SSSR count). The molecule has 4 nitrogen and oxygen atoms in total. The molecule has 0 spiro atoms. The molecule has 2 fully saturated rings. The number of hydrogen-bond donors (Lipinski definition) is 0. The van der Waals surface area contributed by atoms with Crippen molar-refractivity contribution in [3.63, 3.8) is 0 Å². The Kier molecular flexibility index (Phi) is 4.90. The van der Waals surface area contributed by atoms with Gasteiger partial charge in [0, 0.05) is 31.9 Å². The minimum Gasteiger partial charge on any atom is -0.347 e. The van der Waals surface area contributed by atoms with Crippen molar-refractivity contribution in [1.82, 2.24) is 14.9 Å². The predicted octanol–water partition coefficient (Wildman–Crippen LogP) is 4.43. The van der Waals surface area contributed by atoms with Gasteiger partial charge in [0.05, 0.1) is 11.7 Å². The molecule has 26 heavy (non-hydrogen) atoms. The van der Waals surface area contributed by atoms with Crippen LogP contribution >= 0.6 is 0 Å². The summed E-state index contributed by atoms with van der Waals surface area (Å²) in [7, 11) is 3.93. The van der Waals surface area contributed by atoms with Crippen LogP contribution in [0.15, 0.2) is 30.5 Å². The lowest BCUT2D eigenvalue weighted by Crippen LogP contribution is -2.33. The lowest BCUT2D eigenvalue weighted by Gasteiger charge is -2.31. The average Bonchev–Trinajstić information content (AvgIpc) is 3.32. The zero-order valence-electron chi connectivity index (χ0n) is 15.7. The van der Waals surface area contributed by atoms with Gasteiger partial charge in [-0.05, 0) is 49.9 Å². The van der Waals surface area contributed by atoms with Crippen LogP contribution in [-0.2, 0) is 0 Å². The van der Waals surface area contributed by atoms with Crippen LogP contribution < -0.4 is 4.90 Å². The van der Waals surface area contributed by atoms with Crippen molar-refractivity contribution in [2.75, 3.05) is 25.5 Å². The van der Waals surface area contributed by atoms with Gasteiger partial charge >= 0.3 is 0 Å². The Hall–Kier alpha value is -2.01. The van der Waals surface area contributed by atoms with Crippen molar-refractivity contribution in [2.45, 2.75) is 50.6 Å². The van der Waals surface area contributed by atoms with E-state index in [4.69, 9.17) is 4.98 Å². The van der Waals surface area contributed by atoms with Crippen molar-refractivity contribution >= 4 is 5.95 Å². The highest BCUT2D eigenvalue weighted by molar-refractivity contribution is 5.66. The maximum Gasteiger partial charge on any atom is 0.225 e. The highest BCUT2D eigenvalue weighted by Crippen LogP contribution is 2.41. The summed E-state index contributed by atoms with van der Waals surface area (Å²) in [5, 5.41) is 0. The Morgan fingerprint density at radius 3 is 2.65 bits per heavy atom. The van der Waals surface area contributed by atoms with Crippen LogP contribution in [0, 0.1) is 5.82 Å². The smallest absolute Gasteiger partial charge is 0.225 e. The molecule has 0 radical (unpaired) electrons. The molecule has 0 amide bonds. The third-order valence-corrected chi connectivity index (χ3v) is 5.74. The Bertz CT molecular complexity index is 770. The molecule has 1 saturated heterocycles. The number of aromatic nitrogens is 2. The van der Waals surface area contributed by atoms with Gasteiger partial charge in [-0.3, -0.25) is 4.90 Å². The molecule has 1 aromatic carbocycles. The lowest BCUT2D eigenvalue weighted by molar-refractivity contribution is 0.180. The molecule has 138 valence electrons. The molecule has 0 bridgehead atoms. The van der Waals surface area contributed by atoms with Gasteiger partial charge in [-0.15, -0.1) is 0 Å². The first kappa shape index (κ1) is 17.4. The van der Waals surface area contributed by atoms with E-state index in [-0.39, 0.29) is 5.82 Å². The van der Waals surface area contributed by atoms with Crippen LogP contribution in [0.5, 0.6) is 0 Å². The number of nitrogens with zero attached hydrogens (tertiary/aromatic N) is 4. The first-order chi connectivity index (χ1) is 12.6. The number of likely N-dealkylation sites (tertiary alicyclic amines) is 1. The van der Waals surface area contributed by atoms with Crippen LogP contribution in [0.4, 0.5) is 10.3 Å². The monoisotopic (exact) mass is 354 g/mol. The van der Waals surface area contributed by atoms with E-state index in [1.807, 2.05) is 31.3 Å². The maximum absolute atomic E-state index is 13.8. The van der Waals surface area contributed by atoms with Crippen molar-refractivity contribution in [3.8, 4) is 11.1 Å². The van der Waals surface area contributed by atoms with Crippen molar-refractivity contribution in [1.29, 1.82) is 0 Å². The van der Waals surface area contributed by atoms with Crippen LogP contribution in [0.2, 0.25) is 0 Å². The lowest BCUT2D eigenvalue weighted by atomic mass is 9.99. The fourth-order valence-corrected chi connectivity index (χ4v) is 4.49. The Labute approximate surface area is 155 Å². The maximum atomic E-state index is 13.8. The molecule has 5 heteroatoms. The molecule has 1 aliphatic heterocycles. The standard InChI is InChI=1S/C21H27FN4/c1-25(2)21-23-14-18(15-7-5-8-16(22)13-15)20(24-21)19-11-6-12-26(19)17-9-3-4-10-17/h5,7-8,13-14,17,19H,3-4,6,9-12H2,1-2H3/t19-/m0/s1. The third-order valence-electron chi connectivity index (χ3n) is 5.74. The van der Waals surface area contributed by atoms with Crippen LogP contribution in [0.1, 0.15) is 50.3 Å². The number of rotatable bonds is 4. The molecule has 1 atom stereocenters. The topological polar surface area (TPSA) is 32.3 Å². The SMILES string of the molecule is CN(C)c1ncc(-c2cccc(F)c2)c([C@@H]2CCCN2C2CCCC2)n1. The van der Waals surface area contributed by atoms with Crippen molar-refractivity contribution < 1.29 is 4.39 Å². The summed E-state index contributed by atoms with van der Waals surface area (Å²) < 4.78 is 13.8. The van der Waals surface area contributed by atoms with E-state index in [2.05, 4.69) is 9.88 Å². The minimum absolute atomic E-state index is 0.218. The zero-order chi connectivity index (χ0) is 18.1. The highest BCUT2D eigenvalue weighted by Gasteiger charge is 2.35. The molecule has 2 aliphatic rings. The van der Waals surface area contributed by atoms with Gasteiger partial charge in [-0.2, -0.15) is 0 Å². The largest absolute Gasteiger partial charge is 0.347 e. The summed E-state index contributed by atoms with van der Waals surface area (Å²) in [4.78, 5) is 14.0. The fourth-order valence-electron chi connectivity index (χ4n) is 4.49. The summed E-state index contributed by atoms with van der Waals surface area (Å²) in [6.45, 7) is 1.14. The Morgan fingerprint density at radius 1 is 1.12 bits per heavy atom. The zero-order valence-corrected chi connectivity index (χ0v) is 15.7. The minimum atomic E-state index is -0.218. The Balaban J connectivity index is 1.78. The Morgan fingerprint density at radius 2 is 1.92 bits per heavy atom. The summed E-state index contributed by atoms with van der Waals surface area (Å²) >= 11 is 0. The molecule has 2 aromatic rings. The number of hydrogen-bond acceptors (Lipinski definition) is 4. The first-order valence-electron chi connectivity index (χ1n) is 9.69. The van der Waals surface area contributed by atoms with E-state index in [9.17, 15) is 4.39 Å². The highest BCUT2D eigenvalue weighted by atomic mass is 19.1. The first-order valence-corrected chi connectivity index (χ1v) is 9.69. The van der Waals surface area contributed by atoms with E-state index < -0.39 is 0 Å². The van der Waals surface area contributed by atoms with Crippen molar-refractivity contribution in [3.05, 3.63) is 42.0 Å². The second-order valence-electron chi connectivity index (χ2n) is 7.71. The average molecular weight is 354 g/mol. The number of halogens is 1. The van der Waals surface area contributed by atoms with E-state index in [0.717, 1.165) is 35.7 Å². The summed E-state index contributed by atoms with van der Waals surface area (Å²) in [6.07, 6.45) is 9.43. The quantitative estimate of drug-likeness (QED) is 0.813. The van der Waals surface area contributed by atoms with Gasteiger partial charge < -0.3 is 4.90 Å². The normalized spacial score (nSPS) is 21.4. The summed E-state index contributed by atoms with van der Waals surface area (Å²) in [5.41, 5.74) is 2.88. The molecule has 0 unspecified atom stereocenters. The number of anilines is 1. The molecule has 1 saturated carbocycles. The molecular formula is C21H27FN4. The van der Waals surface area contributed by atoms with Gasteiger partial charge in [-0.25, -0.2) is 14.4 Å². The van der Waals surface area contributed by atoms with E-state index >= 15 is 0 Å². The second kappa shape index (κ2) is 7.31. The van der Waals surface area contributed by atoms with E-state index in [1.165, 1.54) is 38.2 Å². The van der Waals surface area contributed by atoms with Crippen LogP contribution in [0.3, 0.4) is 0 Å². The predicted molar refractivity (Wildman–Crippen MR) is 103 cm³/mol. The van der Waals surface area contributed by atoms with E-state index in [1.54, 1.807) is 12.1 Å². The number of benzene rings is 1. The van der Waals surface area contributed by atoms with Gasteiger partial charge in [0.2, 0.25) is 5.95 Å². The molecule has 0 N–H and O–H groups in total. The molecular weight excluding hydrogens is 327 g/mol. The van der Waals surface area contributed by atoms with Crippen molar-refractivity contribution in [2.24, 2.45) is 0 Å². The second-order valence-corrected chi connectivity index (χ2v) is 7.71. The van der Waals surface area contributed by atoms with E-state index in [0.29, 0.717) is 12.1 Å². The molecule has 1 aromatic heterocycles. The third kappa shape index (κ3) is 3.32. The molecule has 2 heterocycles. The van der Waals surface area contributed by atoms with Gasteiger partial charge in [0.25, 0.3) is 0 Å². The summed E-state index contributed by atoms with van der Waals surface area (Å²) in [5.74, 6) is 0.502. The van der Waals surface area contributed by atoms with Gasteiger partial charge in [-0.1, -0.05) is 25.0 Å². The van der Waals surface area contributed by atoms with Gasteiger partial charge in [0.1, 0.15) is 5.82 Å². The summed E-state index contributed by atoms with van der Waals surface area (Å²) in [6, 6.07) is 7.76. The molecule has 1 aliphatic carbocycles. The van der Waals surface area contributed by atoms with Crippen LogP contribution in [0.25, 0.3) is 11.1 Å². The fraction of sp³-hybridized carbons (Fsp3) is 0.524. The van der Waals surface area contributed by atoms with Gasteiger partial charge in [0.15, 0.2) is 0 Å².